The van der Waals surface area contributed by atoms with Gasteiger partial charge in [-0.1, -0.05) is 0 Å². The van der Waals surface area contributed by atoms with Crippen LogP contribution < -0.4 is 22.6 Å². The largest absolute Gasteiger partial charge is 6.00 e. The van der Waals surface area contributed by atoms with E-state index in [0.717, 1.165) is 0 Å². The molecule has 0 saturated carbocycles. The van der Waals surface area contributed by atoms with Gasteiger partial charge < -0.3 is 0 Å². The van der Waals surface area contributed by atoms with Crippen molar-refractivity contribution in [2.75, 3.05) is 0 Å². The summed E-state index contributed by atoms with van der Waals surface area (Å²) in [7, 11) is -30.8. The van der Waals surface area contributed by atoms with E-state index >= 15 is 0 Å². The van der Waals surface area contributed by atoms with E-state index in [0.29, 0.717) is 0 Å². The molecule has 0 fully saturated rings. The van der Waals surface area contributed by atoms with Crippen molar-refractivity contribution in [1.29, 1.82) is 0 Å². The van der Waals surface area contributed by atoms with Crippen LogP contribution in [0.25, 0.3) is 0 Å². The molecule has 0 unspecified atom stereocenters. The van der Waals surface area contributed by atoms with E-state index < -0.39 is 147 Å². The Bertz CT molecular complexity index is 1700. The molecule has 0 spiro atoms. The first-order valence-corrected chi connectivity index (χ1v) is 37.4. The molecule has 0 aliphatic heterocycles. The Morgan fingerprint density at radius 3 is 0.309 bits per heavy atom. The van der Waals surface area contributed by atoms with Gasteiger partial charge in [0.15, 0.2) is 0 Å². The van der Waals surface area contributed by atoms with Crippen molar-refractivity contribution in [1.82, 2.24) is 0 Å². The van der Waals surface area contributed by atoms with Gasteiger partial charge in [-0.3, -0.25) is 0 Å². The van der Waals surface area contributed by atoms with Gasteiger partial charge in [-0.2, -0.15) is 0 Å². The minimum absolute atomic E-state index is 0. The molecule has 55 heavy (non-hydrogen) atoms. The third-order valence-corrected chi connectivity index (χ3v) is 20.1. The molecule has 0 aromatic rings. The monoisotopic (exact) mass is 1640 g/mol. The molecule has 0 aromatic carbocycles. The van der Waals surface area contributed by atoms with E-state index in [1.54, 1.807) is 0 Å². The molecular formula is H12Mo6O42P6W. The minimum atomic E-state index is -6.28. The molecule has 0 heterocycles. The summed E-state index contributed by atoms with van der Waals surface area (Å²) in [4.78, 5) is 92.3. The average molecular weight is 1630 g/mol. The topological polar surface area (TPSA) is 744 Å². The summed E-state index contributed by atoms with van der Waals surface area (Å²) in [5.74, 6) is 0. The first-order chi connectivity index (χ1) is 22.2. The van der Waals surface area contributed by atoms with Gasteiger partial charge in [-0.15, -0.1) is 0 Å². The molecule has 0 amide bonds. The standard InChI is InChI=1S/6Mo.6H3O4P.18O.W/c;;;;;;6*1-5(2,3)4;;;;;;;;;;;;;;;;;;;/h;;;;;;6*(H3,1,2,3,4);;;;;;;;;;;;;;;;;;;/q6*+1;;;;;;;;;;;;;;;;;;;6*-1;+6/p-6. The van der Waals surface area contributed by atoms with E-state index in [-0.39, 0.29) is 21.1 Å². The molecule has 55 heteroatoms. The summed E-state index contributed by atoms with van der Waals surface area (Å²) in [6.45, 7) is 0. The summed E-state index contributed by atoms with van der Waals surface area (Å²) in [6, 6.07) is 0. The molecule has 12 N–H and O–H groups in total. The van der Waals surface area contributed by atoms with Crippen LogP contribution in [0.2, 0.25) is 0 Å². The summed E-state index contributed by atoms with van der Waals surface area (Å²) < 4.78 is 245. The summed E-state index contributed by atoms with van der Waals surface area (Å²) in [5, 5.41) is 0. The first kappa shape index (κ1) is 72.3. The second-order valence-corrected chi connectivity index (χ2v) is 31.3. The van der Waals surface area contributed by atoms with Crippen molar-refractivity contribution in [2.24, 2.45) is 0 Å². The molecule has 0 atom stereocenters. The fourth-order valence-electron chi connectivity index (χ4n) is 0.714. The average Bonchev–Trinajstić information content (AvgIpc) is 2.50. The maximum absolute atomic E-state index is 9.57. The molecule has 0 aromatic heterocycles. The Morgan fingerprint density at radius 1 is 0.255 bits per heavy atom. The summed E-state index contributed by atoms with van der Waals surface area (Å²) in [5.41, 5.74) is 0. The van der Waals surface area contributed by atoms with Gasteiger partial charge in [-0.05, 0) is 0 Å². The minimum Gasteiger partial charge on any atom is 6.00 e. The third-order valence-electron chi connectivity index (χ3n) is 1.13. The van der Waals surface area contributed by atoms with Crippen LogP contribution in [0, 0.1) is 0 Å². The number of phosphoric acid groups is 6. The Hall–Kier alpha value is 2.84. The van der Waals surface area contributed by atoms with Crippen molar-refractivity contribution in [2.45, 2.75) is 0 Å². The maximum atomic E-state index is 9.57. The van der Waals surface area contributed by atoms with Gasteiger partial charge in [0, 0.05) is 0 Å². The molecule has 0 aliphatic carbocycles. The predicted molar refractivity (Wildman–Crippen MR) is 87.0 cm³/mol. The van der Waals surface area contributed by atoms with Gasteiger partial charge in [0.2, 0.25) is 0 Å². The van der Waals surface area contributed by atoms with Gasteiger partial charge in [0.1, 0.15) is 0 Å². The molecule has 0 aliphatic rings. The molecule has 0 rings (SSSR count). The summed E-state index contributed by atoms with van der Waals surface area (Å²) in [6.07, 6.45) is 0. The van der Waals surface area contributed by atoms with Crippen LogP contribution in [0.4, 0.5) is 0 Å². The van der Waals surface area contributed by atoms with Gasteiger partial charge in [-0.25, -0.2) is 0 Å². The van der Waals surface area contributed by atoms with Crippen LogP contribution in [0.1, 0.15) is 0 Å². The molecule has 42 nitrogen and oxygen atoms in total. The molecule has 0 radical (unpaired) electrons. The second-order valence-electron chi connectivity index (χ2n) is 5.84. The van der Waals surface area contributed by atoms with E-state index in [9.17, 15) is 90.7 Å². The van der Waals surface area contributed by atoms with E-state index in [1.165, 1.54) is 0 Å². The summed E-state index contributed by atoms with van der Waals surface area (Å²) >= 11 is -37.7. The second kappa shape index (κ2) is 27.1. The Morgan fingerprint density at radius 2 is 0.309 bits per heavy atom. The fraction of sp³-hybridized carbons (Fsp3) is 0. The van der Waals surface area contributed by atoms with Crippen LogP contribution in [-0.2, 0) is 209 Å². The number of rotatable bonds is 12. The zero-order valence-corrected chi connectivity index (χ0v) is 43.5. The smallest absolute Gasteiger partial charge is 6.00 e. The van der Waals surface area contributed by atoms with E-state index in [1.807, 2.05) is 0 Å². The molecule has 336 valence electrons. The molecule has 0 bridgehead atoms. The van der Waals surface area contributed by atoms with E-state index in [4.69, 9.17) is 58.7 Å². The molecule has 0 saturated heterocycles. The van der Waals surface area contributed by atoms with Crippen molar-refractivity contribution in [3.05, 3.63) is 0 Å². The van der Waals surface area contributed by atoms with Crippen molar-refractivity contribution < 1.29 is 290 Å². The third kappa shape index (κ3) is 113. The van der Waals surface area contributed by atoms with Gasteiger partial charge in [0.25, 0.3) is 0 Å². The van der Waals surface area contributed by atoms with E-state index in [2.05, 4.69) is 19.1 Å². The predicted octanol–water partition coefficient (Wildman–Crippen LogP) is -11.2. The molecular weight excluding hydrogens is 1620 g/mol. The van der Waals surface area contributed by atoms with Crippen molar-refractivity contribution in [3.63, 3.8) is 0 Å². The van der Waals surface area contributed by atoms with Crippen molar-refractivity contribution >= 4 is 46.9 Å². The zero-order chi connectivity index (χ0) is 46.2. The van der Waals surface area contributed by atoms with Crippen LogP contribution in [0.3, 0.4) is 0 Å². The van der Waals surface area contributed by atoms with Crippen LogP contribution in [-0.4, -0.2) is 58.7 Å². The Kier molecular flexibility index (Phi) is 35.6. The maximum Gasteiger partial charge on any atom is 6.00 e. The number of hydrogen-bond acceptors (Lipinski definition) is 30. The quantitative estimate of drug-likeness (QED) is 0.0638. The van der Waals surface area contributed by atoms with Gasteiger partial charge in [0.05, 0.1) is 0 Å². The SMILES string of the molecule is O=P(O)(O)[O][Mo](=[O])(=[O])[O-].O=P(O)(O)[O][Mo](=[O])(=[O])[O-].O=P(O)(O)[O][Mo](=[O])(=[O])[O-].O=P(O)(O)[O][Mo](=[O])(=[O])[O-].O=P(O)(O)[O][Mo](=[O])(=[O])[O-].O=P(O)(O)[O][Mo](=[O])(=[O])[O-].[W+6]. The zero-order valence-electron chi connectivity index (χ0n) is 23.2. The van der Waals surface area contributed by atoms with Gasteiger partial charge >= 0.3 is 337 Å². The number of hydrogen-bond donors (Lipinski definition) is 12. The normalized spacial score (nSPS) is 13.4. The van der Waals surface area contributed by atoms with Crippen LogP contribution in [0.15, 0.2) is 0 Å². The fourth-order valence-corrected chi connectivity index (χ4v) is 12.7. The van der Waals surface area contributed by atoms with Crippen LogP contribution in [0.5, 0.6) is 0 Å². The van der Waals surface area contributed by atoms with Crippen molar-refractivity contribution in [3.8, 4) is 0 Å². The van der Waals surface area contributed by atoms with Crippen LogP contribution >= 0.6 is 46.9 Å². The first-order valence-electron chi connectivity index (χ1n) is 8.59. The Balaban J connectivity index is -0.000000100. The Labute approximate surface area is 333 Å².